The summed E-state index contributed by atoms with van der Waals surface area (Å²) in [6, 6.07) is 15.8. The predicted octanol–water partition coefficient (Wildman–Crippen LogP) is 3.98. The number of carbonyl (C=O) groups is 1. The van der Waals surface area contributed by atoms with E-state index in [1.54, 1.807) is 0 Å². The summed E-state index contributed by atoms with van der Waals surface area (Å²) in [5.74, 6) is -0.123. The second-order valence-electron chi connectivity index (χ2n) is 8.24. The van der Waals surface area contributed by atoms with E-state index in [-0.39, 0.29) is 23.6 Å². The fraction of sp³-hybridized carbons (Fsp3) is 0.458. The SMILES string of the molecule is CCc1ccc(C(C)NC(=O)C2CCN(S(=O)(=O)Cc3cccc(C)c3)CC2)cc1. The Kier molecular flexibility index (Phi) is 7.32. The van der Waals surface area contributed by atoms with Crippen molar-refractivity contribution in [3.63, 3.8) is 0 Å². The van der Waals surface area contributed by atoms with Gasteiger partial charge in [-0.3, -0.25) is 4.79 Å². The van der Waals surface area contributed by atoms with Crippen molar-refractivity contribution in [3.05, 3.63) is 70.8 Å². The third kappa shape index (κ3) is 5.70. The summed E-state index contributed by atoms with van der Waals surface area (Å²) in [4.78, 5) is 12.7. The molecule has 0 spiro atoms. The lowest BCUT2D eigenvalue weighted by Crippen LogP contribution is -2.43. The van der Waals surface area contributed by atoms with Crippen LogP contribution in [-0.4, -0.2) is 31.7 Å². The maximum atomic E-state index is 12.8. The quantitative estimate of drug-likeness (QED) is 0.725. The van der Waals surface area contributed by atoms with Crippen LogP contribution in [0.2, 0.25) is 0 Å². The molecule has 30 heavy (non-hydrogen) atoms. The highest BCUT2D eigenvalue weighted by Crippen LogP contribution is 2.23. The van der Waals surface area contributed by atoms with E-state index in [1.165, 1.54) is 9.87 Å². The molecule has 1 saturated heterocycles. The van der Waals surface area contributed by atoms with Gasteiger partial charge in [-0.25, -0.2) is 12.7 Å². The summed E-state index contributed by atoms with van der Waals surface area (Å²) in [6.07, 6.45) is 2.10. The van der Waals surface area contributed by atoms with E-state index in [9.17, 15) is 13.2 Å². The number of nitrogens with one attached hydrogen (secondary N) is 1. The number of carbonyl (C=O) groups excluding carboxylic acids is 1. The Morgan fingerprint density at radius 1 is 1.10 bits per heavy atom. The van der Waals surface area contributed by atoms with Crippen LogP contribution in [0, 0.1) is 12.8 Å². The minimum absolute atomic E-state index is 0.0103. The number of piperidine rings is 1. The van der Waals surface area contributed by atoms with Gasteiger partial charge in [0.25, 0.3) is 0 Å². The molecule has 1 aliphatic heterocycles. The average Bonchev–Trinajstić information content (AvgIpc) is 2.73. The zero-order valence-electron chi connectivity index (χ0n) is 18.1. The topological polar surface area (TPSA) is 66.5 Å². The van der Waals surface area contributed by atoms with Crippen LogP contribution in [0.1, 0.15) is 55.0 Å². The Morgan fingerprint density at radius 2 is 1.77 bits per heavy atom. The van der Waals surface area contributed by atoms with Gasteiger partial charge in [0, 0.05) is 19.0 Å². The third-order valence-corrected chi connectivity index (χ3v) is 7.75. The van der Waals surface area contributed by atoms with Gasteiger partial charge in [-0.05, 0) is 49.8 Å². The van der Waals surface area contributed by atoms with Gasteiger partial charge < -0.3 is 5.32 Å². The van der Waals surface area contributed by atoms with Crippen LogP contribution in [0.25, 0.3) is 0 Å². The van der Waals surface area contributed by atoms with Crippen LogP contribution in [0.3, 0.4) is 0 Å². The first-order valence-corrected chi connectivity index (χ1v) is 12.3. The van der Waals surface area contributed by atoms with Crippen molar-refractivity contribution in [2.24, 2.45) is 5.92 Å². The molecule has 1 heterocycles. The van der Waals surface area contributed by atoms with Gasteiger partial charge in [-0.1, -0.05) is 61.0 Å². The van der Waals surface area contributed by atoms with E-state index >= 15 is 0 Å². The molecule has 0 aliphatic carbocycles. The monoisotopic (exact) mass is 428 g/mol. The molecule has 1 amide bonds. The van der Waals surface area contributed by atoms with Gasteiger partial charge >= 0.3 is 0 Å². The summed E-state index contributed by atoms with van der Waals surface area (Å²) in [6.45, 7) is 6.85. The second-order valence-corrected chi connectivity index (χ2v) is 10.2. The lowest BCUT2D eigenvalue weighted by molar-refractivity contribution is -0.126. The van der Waals surface area contributed by atoms with Crippen LogP contribution in [0.4, 0.5) is 0 Å². The highest BCUT2D eigenvalue weighted by Gasteiger charge is 2.31. The van der Waals surface area contributed by atoms with Crippen LogP contribution < -0.4 is 5.32 Å². The van der Waals surface area contributed by atoms with Crippen molar-refractivity contribution in [1.82, 2.24) is 9.62 Å². The molecule has 3 rings (SSSR count). The summed E-state index contributed by atoms with van der Waals surface area (Å²) in [5, 5.41) is 3.10. The lowest BCUT2D eigenvalue weighted by atomic mass is 9.96. The molecule has 0 bridgehead atoms. The summed E-state index contributed by atoms with van der Waals surface area (Å²) < 4.78 is 27.1. The van der Waals surface area contributed by atoms with Crippen molar-refractivity contribution in [1.29, 1.82) is 0 Å². The number of nitrogens with zero attached hydrogens (tertiary/aromatic N) is 1. The number of sulfonamides is 1. The number of rotatable bonds is 7. The van der Waals surface area contributed by atoms with Crippen molar-refractivity contribution in [2.75, 3.05) is 13.1 Å². The van der Waals surface area contributed by atoms with E-state index in [0.29, 0.717) is 25.9 Å². The molecule has 162 valence electrons. The Labute approximate surface area is 180 Å². The molecule has 1 atom stereocenters. The number of hydrogen-bond donors (Lipinski definition) is 1. The van der Waals surface area contributed by atoms with E-state index in [4.69, 9.17) is 0 Å². The van der Waals surface area contributed by atoms with Crippen molar-refractivity contribution in [3.8, 4) is 0 Å². The molecule has 0 aromatic heterocycles. The normalized spacial score (nSPS) is 16.9. The van der Waals surface area contributed by atoms with Crippen molar-refractivity contribution >= 4 is 15.9 Å². The van der Waals surface area contributed by atoms with Crippen LogP contribution >= 0.6 is 0 Å². The molecule has 1 unspecified atom stereocenters. The second kappa shape index (κ2) is 9.75. The van der Waals surface area contributed by atoms with E-state index in [1.807, 2.05) is 38.1 Å². The number of amides is 1. The molecule has 6 heteroatoms. The highest BCUT2D eigenvalue weighted by atomic mass is 32.2. The smallest absolute Gasteiger partial charge is 0.223 e. The molecule has 0 saturated carbocycles. The number of benzene rings is 2. The summed E-state index contributed by atoms with van der Waals surface area (Å²) in [5.41, 5.74) is 4.21. The van der Waals surface area contributed by atoms with Gasteiger partial charge in [-0.2, -0.15) is 0 Å². The lowest BCUT2D eigenvalue weighted by Gasteiger charge is -2.31. The van der Waals surface area contributed by atoms with Crippen LogP contribution in [0.5, 0.6) is 0 Å². The van der Waals surface area contributed by atoms with Gasteiger partial charge in [0.05, 0.1) is 11.8 Å². The summed E-state index contributed by atoms with van der Waals surface area (Å²) >= 11 is 0. The van der Waals surface area contributed by atoms with Crippen molar-refractivity contribution in [2.45, 2.75) is 51.8 Å². The average molecular weight is 429 g/mol. The molecule has 1 fully saturated rings. The van der Waals surface area contributed by atoms with Gasteiger partial charge in [0.2, 0.25) is 15.9 Å². The zero-order chi connectivity index (χ0) is 21.7. The first-order chi connectivity index (χ1) is 14.3. The minimum atomic E-state index is -3.37. The fourth-order valence-electron chi connectivity index (χ4n) is 3.96. The molecular weight excluding hydrogens is 396 g/mol. The van der Waals surface area contributed by atoms with Gasteiger partial charge in [-0.15, -0.1) is 0 Å². The molecule has 1 aliphatic rings. The van der Waals surface area contributed by atoms with Crippen LogP contribution in [-0.2, 0) is 27.0 Å². The first kappa shape index (κ1) is 22.5. The molecular formula is C24H32N2O3S. The van der Waals surface area contributed by atoms with E-state index in [2.05, 4.69) is 36.5 Å². The maximum Gasteiger partial charge on any atom is 0.223 e. The van der Waals surface area contributed by atoms with E-state index in [0.717, 1.165) is 23.1 Å². The Morgan fingerprint density at radius 3 is 2.37 bits per heavy atom. The minimum Gasteiger partial charge on any atom is -0.349 e. The Bertz CT molecular complexity index is 962. The fourth-order valence-corrected chi connectivity index (χ4v) is 5.51. The van der Waals surface area contributed by atoms with Crippen molar-refractivity contribution < 1.29 is 13.2 Å². The predicted molar refractivity (Wildman–Crippen MR) is 120 cm³/mol. The zero-order valence-corrected chi connectivity index (χ0v) is 18.9. The molecule has 2 aromatic rings. The maximum absolute atomic E-state index is 12.8. The number of hydrogen-bond acceptors (Lipinski definition) is 3. The van der Waals surface area contributed by atoms with E-state index < -0.39 is 10.0 Å². The third-order valence-electron chi connectivity index (χ3n) is 5.90. The summed E-state index contributed by atoms with van der Waals surface area (Å²) in [7, 11) is -3.37. The Balaban J connectivity index is 1.53. The molecule has 2 aromatic carbocycles. The first-order valence-electron chi connectivity index (χ1n) is 10.7. The largest absolute Gasteiger partial charge is 0.349 e. The van der Waals surface area contributed by atoms with Gasteiger partial charge in [0.1, 0.15) is 0 Å². The standard InChI is InChI=1S/C24H32N2O3S/c1-4-20-8-10-22(11-9-20)19(3)25-24(27)23-12-14-26(15-13-23)30(28,29)17-21-7-5-6-18(2)16-21/h5-11,16,19,23H,4,12-15,17H2,1-3H3,(H,25,27). The number of aryl methyl sites for hydroxylation is 2. The molecule has 5 nitrogen and oxygen atoms in total. The molecule has 1 N–H and O–H groups in total. The Hall–Kier alpha value is -2.18. The highest BCUT2D eigenvalue weighted by molar-refractivity contribution is 7.88. The molecule has 0 radical (unpaired) electrons. The van der Waals surface area contributed by atoms with Gasteiger partial charge in [0.15, 0.2) is 0 Å². The van der Waals surface area contributed by atoms with Crippen LogP contribution in [0.15, 0.2) is 48.5 Å².